The zero-order valence-corrected chi connectivity index (χ0v) is 19.7. The molecule has 30 heavy (non-hydrogen) atoms. The molecule has 0 unspecified atom stereocenters. The molecule has 0 amide bonds. The first kappa shape index (κ1) is 23.9. The standard InChI is InChI=1S/C18H24.C11H14O/c1-4-5-6-9-15-12-16-10-7-8-11-17(16)18(13-15)14(2)3;1-4-10-6-5-8(2)11(7-10)9(3)12/h7-8,10-14H,4-6,9H2,1-3H3;5-7H,4H2,1-3H3. The Balaban J connectivity index is 0.000000232. The van der Waals surface area contributed by atoms with Crippen molar-refractivity contribution in [1.82, 2.24) is 0 Å². The summed E-state index contributed by atoms with van der Waals surface area (Å²) in [4.78, 5) is 11.1. The van der Waals surface area contributed by atoms with Gasteiger partial charge in [-0.1, -0.05) is 89.1 Å². The van der Waals surface area contributed by atoms with Gasteiger partial charge in [0.1, 0.15) is 0 Å². The van der Waals surface area contributed by atoms with Crippen molar-refractivity contribution in [2.45, 2.75) is 79.6 Å². The van der Waals surface area contributed by atoms with Crippen LogP contribution in [0.2, 0.25) is 0 Å². The summed E-state index contributed by atoms with van der Waals surface area (Å²) in [5.74, 6) is 0.754. The molecule has 0 fully saturated rings. The molecule has 0 atom stereocenters. The van der Waals surface area contributed by atoms with Crippen LogP contribution in [0.25, 0.3) is 10.8 Å². The number of ketones is 1. The topological polar surface area (TPSA) is 17.1 Å². The van der Waals surface area contributed by atoms with Crippen molar-refractivity contribution in [3.8, 4) is 0 Å². The van der Waals surface area contributed by atoms with E-state index in [1.54, 1.807) is 6.92 Å². The lowest BCUT2D eigenvalue weighted by Gasteiger charge is -2.13. The Kier molecular flexibility index (Phi) is 9.30. The van der Waals surface area contributed by atoms with Crippen molar-refractivity contribution in [3.63, 3.8) is 0 Å². The van der Waals surface area contributed by atoms with E-state index in [9.17, 15) is 4.79 Å². The predicted molar refractivity (Wildman–Crippen MR) is 132 cm³/mol. The van der Waals surface area contributed by atoms with Crippen LogP contribution in [0.5, 0.6) is 0 Å². The summed E-state index contributed by atoms with van der Waals surface area (Å²) in [5.41, 5.74) is 6.16. The number of hydrogen-bond acceptors (Lipinski definition) is 1. The summed E-state index contributed by atoms with van der Waals surface area (Å²) in [7, 11) is 0. The molecule has 0 N–H and O–H groups in total. The lowest BCUT2D eigenvalue weighted by atomic mass is 9.92. The van der Waals surface area contributed by atoms with Crippen molar-refractivity contribution in [1.29, 1.82) is 0 Å². The van der Waals surface area contributed by atoms with Crippen molar-refractivity contribution >= 4 is 16.6 Å². The van der Waals surface area contributed by atoms with Gasteiger partial charge in [-0.25, -0.2) is 0 Å². The van der Waals surface area contributed by atoms with E-state index in [0.29, 0.717) is 5.92 Å². The first-order chi connectivity index (χ1) is 14.4. The molecule has 1 nitrogen and oxygen atoms in total. The summed E-state index contributed by atoms with van der Waals surface area (Å²) < 4.78 is 0. The minimum absolute atomic E-state index is 0.155. The second-order valence-corrected chi connectivity index (χ2v) is 8.58. The average molecular weight is 403 g/mol. The van der Waals surface area contributed by atoms with Crippen molar-refractivity contribution in [2.75, 3.05) is 0 Å². The van der Waals surface area contributed by atoms with Crippen LogP contribution in [0.1, 0.15) is 92.4 Å². The van der Waals surface area contributed by atoms with Crippen molar-refractivity contribution in [2.24, 2.45) is 0 Å². The lowest BCUT2D eigenvalue weighted by Crippen LogP contribution is -1.97. The quantitative estimate of drug-likeness (QED) is 0.286. The molecule has 0 bridgehead atoms. The summed E-state index contributed by atoms with van der Waals surface area (Å²) in [5, 5.41) is 2.82. The molecule has 0 aliphatic carbocycles. The van der Waals surface area contributed by atoms with Crippen LogP contribution in [-0.2, 0) is 12.8 Å². The maximum Gasteiger partial charge on any atom is 0.160 e. The van der Waals surface area contributed by atoms with Gasteiger partial charge in [0.2, 0.25) is 0 Å². The number of fused-ring (bicyclic) bond motifs is 1. The van der Waals surface area contributed by atoms with Gasteiger partial charge in [-0.3, -0.25) is 4.79 Å². The highest BCUT2D eigenvalue weighted by atomic mass is 16.1. The Labute approximate surface area is 183 Å². The number of carbonyl (C=O) groups excluding carboxylic acids is 1. The average Bonchev–Trinajstić information content (AvgIpc) is 2.74. The van der Waals surface area contributed by atoms with Gasteiger partial charge in [-0.15, -0.1) is 0 Å². The van der Waals surface area contributed by atoms with E-state index >= 15 is 0 Å². The zero-order valence-electron chi connectivity index (χ0n) is 19.7. The van der Waals surface area contributed by atoms with E-state index in [4.69, 9.17) is 0 Å². The van der Waals surface area contributed by atoms with Gasteiger partial charge in [0, 0.05) is 5.56 Å². The van der Waals surface area contributed by atoms with Crippen LogP contribution in [-0.4, -0.2) is 5.78 Å². The second kappa shape index (κ2) is 11.7. The lowest BCUT2D eigenvalue weighted by molar-refractivity contribution is 0.101. The molecule has 0 aliphatic heterocycles. The van der Waals surface area contributed by atoms with Crippen LogP contribution in [0.4, 0.5) is 0 Å². The highest BCUT2D eigenvalue weighted by molar-refractivity contribution is 5.95. The molecule has 0 radical (unpaired) electrons. The van der Waals surface area contributed by atoms with Crippen LogP contribution < -0.4 is 0 Å². The summed E-state index contributed by atoms with van der Waals surface area (Å²) in [6, 6.07) is 19.6. The minimum atomic E-state index is 0.155. The number of carbonyl (C=O) groups is 1. The third-order valence-corrected chi connectivity index (χ3v) is 5.73. The summed E-state index contributed by atoms with van der Waals surface area (Å²) >= 11 is 0. The van der Waals surface area contributed by atoms with E-state index in [-0.39, 0.29) is 5.78 Å². The number of hydrogen-bond donors (Lipinski definition) is 0. The Morgan fingerprint density at radius 3 is 2.27 bits per heavy atom. The van der Waals surface area contributed by atoms with Gasteiger partial charge in [-0.05, 0) is 78.1 Å². The molecule has 0 spiro atoms. The molecule has 0 aromatic heterocycles. The monoisotopic (exact) mass is 402 g/mol. The number of benzene rings is 3. The van der Waals surface area contributed by atoms with Gasteiger partial charge in [-0.2, -0.15) is 0 Å². The molecule has 0 saturated heterocycles. The molecule has 0 saturated carbocycles. The zero-order chi connectivity index (χ0) is 22.1. The molecular weight excluding hydrogens is 364 g/mol. The van der Waals surface area contributed by atoms with Gasteiger partial charge in [0.25, 0.3) is 0 Å². The van der Waals surface area contributed by atoms with E-state index in [0.717, 1.165) is 17.5 Å². The third-order valence-electron chi connectivity index (χ3n) is 5.73. The molecule has 0 aliphatic rings. The molecule has 3 aromatic rings. The number of Topliss-reactive ketones (excluding diaryl/α,β-unsaturated/α-hetero) is 1. The van der Waals surface area contributed by atoms with Gasteiger partial charge >= 0.3 is 0 Å². The van der Waals surface area contributed by atoms with Gasteiger partial charge in [0.15, 0.2) is 5.78 Å². The molecular formula is C29H38O. The first-order valence-electron chi connectivity index (χ1n) is 11.5. The number of unbranched alkanes of at least 4 members (excludes halogenated alkanes) is 2. The Bertz CT molecular complexity index is 965. The highest BCUT2D eigenvalue weighted by Crippen LogP contribution is 2.27. The minimum Gasteiger partial charge on any atom is -0.295 e. The molecule has 3 rings (SSSR count). The smallest absolute Gasteiger partial charge is 0.160 e. The van der Waals surface area contributed by atoms with Crippen LogP contribution >= 0.6 is 0 Å². The second-order valence-electron chi connectivity index (χ2n) is 8.58. The fourth-order valence-electron chi connectivity index (χ4n) is 3.87. The Morgan fingerprint density at radius 1 is 0.900 bits per heavy atom. The Hall–Kier alpha value is -2.41. The fourth-order valence-corrected chi connectivity index (χ4v) is 3.87. The van der Waals surface area contributed by atoms with Crippen LogP contribution in [0, 0.1) is 6.92 Å². The van der Waals surface area contributed by atoms with Crippen molar-refractivity contribution < 1.29 is 4.79 Å². The van der Waals surface area contributed by atoms with Gasteiger partial charge in [0.05, 0.1) is 0 Å². The molecule has 3 aromatic carbocycles. The predicted octanol–water partition coefficient (Wildman–Crippen LogP) is 8.46. The highest BCUT2D eigenvalue weighted by Gasteiger charge is 2.07. The molecule has 0 heterocycles. The number of aryl methyl sites for hydroxylation is 3. The first-order valence-corrected chi connectivity index (χ1v) is 11.5. The Morgan fingerprint density at radius 2 is 1.63 bits per heavy atom. The van der Waals surface area contributed by atoms with E-state index in [2.05, 4.69) is 70.2 Å². The molecule has 1 heteroatoms. The van der Waals surface area contributed by atoms with Crippen LogP contribution in [0.3, 0.4) is 0 Å². The normalized spacial score (nSPS) is 10.8. The fraction of sp³-hybridized carbons (Fsp3) is 0.414. The SMILES string of the molecule is CCCCCc1cc(C(C)C)c2ccccc2c1.CCc1ccc(C)c(C(C)=O)c1. The third kappa shape index (κ3) is 6.55. The maximum atomic E-state index is 11.1. The largest absolute Gasteiger partial charge is 0.295 e. The molecule has 160 valence electrons. The summed E-state index contributed by atoms with van der Waals surface area (Å²) in [6.07, 6.45) is 6.15. The van der Waals surface area contributed by atoms with Gasteiger partial charge < -0.3 is 0 Å². The summed E-state index contributed by atoms with van der Waals surface area (Å²) in [6.45, 7) is 12.5. The van der Waals surface area contributed by atoms with Crippen LogP contribution in [0.15, 0.2) is 54.6 Å². The number of rotatable bonds is 7. The van der Waals surface area contributed by atoms with E-state index < -0.39 is 0 Å². The van der Waals surface area contributed by atoms with E-state index in [1.807, 2.05) is 19.1 Å². The maximum absolute atomic E-state index is 11.1. The van der Waals surface area contributed by atoms with E-state index in [1.165, 1.54) is 53.1 Å². The van der Waals surface area contributed by atoms with Crippen molar-refractivity contribution in [3.05, 3.63) is 82.4 Å².